The van der Waals surface area contributed by atoms with Gasteiger partial charge in [-0.3, -0.25) is 4.79 Å². The van der Waals surface area contributed by atoms with E-state index in [1.165, 1.54) is 0 Å². The Morgan fingerprint density at radius 1 is 1.30 bits per heavy atom. The van der Waals surface area contributed by atoms with Crippen molar-refractivity contribution in [3.63, 3.8) is 0 Å². The number of carbonyl (C=O) groups is 1. The Hall–Kier alpha value is -2.56. The van der Waals surface area contributed by atoms with Gasteiger partial charge in [-0.2, -0.15) is 0 Å². The van der Waals surface area contributed by atoms with Gasteiger partial charge in [0.15, 0.2) is 0 Å². The van der Waals surface area contributed by atoms with E-state index in [0.29, 0.717) is 5.82 Å². The molecule has 0 amide bonds. The first-order valence-electron chi connectivity index (χ1n) is 6.36. The Labute approximate surface area is 116 Å². The zero-order valence-electron chi connectivity index (χ0n) is 11.4. The van der Waals surface area contributed by atoms with Crippen LogP contribution in [0.15, 0.2) is 36.7 Å². The number of nitrogens with zero attached hydrogens (tertiary/aromatic N) is 3. The fourth-order valence-electron chi connectivity index (χ4n) is 2.49. The second-order valence-corrected chi connectivity index (χ2v) is 4.87. The van der Waals surface area contributed by atoms with Gasteiger partial charge in [-0.05, 0) is 13.0 Å². The number of rotatable bonds is 3. The van der Waals surface area contributed by atoms with Crippen molar-refractivity contribution < 1.29 is 9.90 Å². The van der Waals surface area contributed by atoms with E-state index < -0.39 is 5.97 Å². The first kappa shape index (κ1) is 12.5. The third kappa shape index (κ3) is 1.97. The topological polar surface area (TPSA) is 60.0 Å². The van der Waals surface area contributed by atoms with Gasteiger partial charge < -0.3 is 14.2 Å². The molecule has 3 rings (SSSR count). The van der Waals surface area contributed by atoms with E-state index in [0.717, 1.165) is 22.2 Å². The SMILES string of the molecule is Cc1nc(-c2cn(C)c3ccccc23)cn1CC(=O)O. The lowest BCUT2D eigenvalue weighted by atomic mass is 10.1. The van der Waals surface area contributed by atoms with Crippen molar-refractivity contribution in [1.29, 1.82) is 0 Å². The maximum Gasteiger partial charge on any atom is 0.323 e. The van der Waals surface area contributed by atoms with Crippen molar-refractivity contribution in [2.24, 2.45) is 7.05 Å². The highest BCUT2D eigenvalue weighted by Gasteiger charge is 2.13. The fourth-order valence-corrected chi connectivity index (χ4v) is 2.49. The molecule has 0 spiro atoms. The Morgan fingerprint density at radius 2 is 2.05 bits per heavy atom. The van der Waals surface area contributed by atoms with Gasteiger partial charge in [0.1, 0.15) is 12.4 Å². The quantitative estimate of drug-likeness (QED) is 0.794. The largest absolute Gasteiger partial charge is 0.480 e. The first-order valence-corrected chi connectivity index (χ1v) is 6.36. The van der Waals surface area contributed by atoms with E-state index in [1.54, 1.807) is 10.8 Å². The fraction of sp³-hybridized carbons (Fsp3) is 0.200. The number of aliphatic carboxylic acids is 1. The highest BCUT2D eigenvalue weighted by molar-refractivity contribution is 5.95. The number of fused-ring (bicyclic) bond motifs is 1. The monoisotopic (exact) mass is 269 g/mol. The van der Waals surface area contributed by atoms with Gasteiger partial charge in [-0.25, -0.2) is 4.98 Å². The second-order valence-electron chi connectivity index (χ2n) is 4.87. The normalized spacial score (nSPS) is 11.1. The summed E-state index contributed by atoms with van der Waals surface area (Å²) in [6.07, 6.45) is 3.82. The lowest BCUT2D eigenvalue weighted by molar-refractivity contribution is -0.137. The van der Waals surface area contributed by atoms with E-state index in [9.17, 15) is 4.79 Å². The van der Waals surface area contributed by atoms with Crippen LogP contribution in [0.1, 0.15) is 5.82 Å². The van der Waals surface area contributed by atoms with Crippen LogP contribution in [-0.2, 0) is 18.4 Å². The van der Waals surface area contributed by atoms with Gasteiger partial charge in [0.05, 0.1) is 5.69 Å². The summed E-state index contributed by atoms with van der Waals surface area (Å²) < 4.78 is 3.70. The van der Waals surface area contributed by atoms with Crippen molar-refractivity contribution in [1.82, 2.24) is 14.1 Å². The van der Waals surface area contributed by atoms with Crippen LogP contribution in [0.25, 0.3) is 22.2 Å². The zero-order chi connectivity index (χ0) is 14.3. The van der Waals surface area contributed by atoms with Gasteiger partial charge in [0.2, 0.25) is 0 Å². The number of para-hydroxylation sites is 1. The van der Waals surface area contributed by atoms with E-state index in [1.807, 2.05) is 32.3 Å². The van der Waals surface area contributed by atoms with Crippen LogP contribution in [0.2, 0.25) is 0 Å². The van der Waals surface area contributed by atoms with Crippen LogP contribution in [0.4, 0.5) is 0 Å². The molecule has 20 heavy (non-hydrogen) atoms. The van der Waals surface area contributed by atoms with E-state index >= 15 is 0 Å². The summed E-state index contributed by atoms with van der Waals surface area (Å²) in [4.78, 5) is 15.3. The number of carboxylic acids is 1. The summed E-state index contributed by atoms with van der Waals surface area (Å²) in [6, 6.07) is 8.10. The van der Waals surface area contributed by atoms with E-state index in [4.69, 9.17) is 5.11 Å². The molecule has 0 saturated heterocycles. The number of benzene rings is 1. The average Bonchev–Trinajstić information content (AvgIpc) is 2.92. The van der Waals surface area contributed by atoms with E-state index in [-0.39, 0.29) is 6.54 Å². The Balaban J connectivity index is 2.14. The molecule has 1 aromatic carbocycles. The maximum atomic E-state index is 10.8. The van der Waals surface area contributed by atoms with Gasteiger partial charge in [0, 0.05) is 35.9 Å². The second kappa shape index (κ2) is 4.52. The number of hydrogen-bond acceptors (Lipinski definition) is 2. The van der Waals surface area contributed by atoms with Crippen molar-refractivity contribution in [2.75, 3.05) is 0 Å². The van der Waals surface area contributed by atoms with Crippen LogP contribution in [-0.4, -0.2) is 25.2 Å². The molecule has 5 heteroatoms. The molecule has 0 radical (unpaired) electrons. The summed E-state index contributed by atoms with van der Waals surface area (Å²) in [7, 11) is 1.99. The number of aromatic nitrogens is 3. The van der Waals surface area contributed by atoms with Crippen molar-refractivity contribution in [2.45, 2.75) is 13.5 Å². The standard InChI is InChI=1S/C15H15N3O2/c1-10-16-13(8-18(10)9-15(19)20)12-7-17(2)14-6-4-3-5-11(12)14/h3-8H,9H2,1-2H3,(H,19,20). The summed E-state index contributed by atoms with van der Waals surface area (Å²) in [6.45, 7) is 1.75. The van der Waals surface area contributed by atoms with Gasteiger partial charge in [0.25, 0.3) is 0 Å². The van der Waals surface area contributed by atoms with Crippen LogP contribution < -0.4 is 0 Å². The molecule has 0 aliphatic carbocycles. The predicted octanol–water partition coefficient (Wildman–Crippen LogP) is 2.43. The Morgan fingerprint density at radius 3 is 2.80 bits per heavy atom. The number of imidazole rings is 1. The van der Waals surface area contributed by atoms with Crippen LogP contribution in [0.3, 0.4) is 0 Å². The van der Waals surface area contributed by atoms with Crippen molar-refractivity contribution in [3.8, 4) is 11.3 Å². The third-order valence-electron chi connectivity index (χ3n) is 3.45. The molecule has 0 atom stereocenters. The first-order chi connectivity index (χ1) is 9.56. The van der Waals surface area contributed by atoms with Crippen molar-refractivity contribution >= 4 is 16.9 Å². The number of hydrogen-bond donors (Lipinski definition) is 1. The molecule has 0 saturated carbocycles. The summed E-state index contributed by atoms with van der Waals surface area (Å²) in [5.41, 5.74) is 2.96. The van der Waals surface area contributed by atoms with Crippen LogP contribution in [0.5, 0.6) is 0 Å². The number of carboxylic acid groups (broad SMARTS) is 1. The van der Waals surface area contributed by atoms with Crippen LogP contribution in [0, 0.1) is 6.92 Å². The Bertz CT molecular complexity index is 799. The molecule has 102 valence electrons. The molecule has 1 N–H and O–H groups in total. The summed E-state index contributed by atoms with van der Waals surface area (Å²) >= 11 is 0. The van der Waals surface area contributed by atoms with Gasteiger partial charge >= 0.3 is 5.97 Å². The molecule has 0 aliphatic rings. The van der Waals surface area contributed by atoms with Gasteiger partial charge in [-0.15, -0.1) is 0 Å². The summed E-state index contributed by atoms with van der Waals surface area (Å²) in [5.74, 6) is -0.162. The van der Waals surface area contributed by atoms with E-state index in [2.05, 4.69) is 21.7 Å². The highest BCUT2D eigenvalue weighted by Crippen LogP contribution is 2.29. The smallest absolute Gasteiger partial charge is 0.323 e. The molecule has 0 bridgehead atoms. The lowest BCUT2D eigenvalue weighted by Gasteiger charge is -1.97. The minimum atomic E-state index is -0.866. The molecule has 0 unspecified atom stereocenters. The molecule has 2 heterocycles. The molecule has 0 aliphatic heterocycles. The molecular formula is C15H15N3O2. The maximum absolute atomic E-state index is 10.8. The van der Waals surface area contributed by atoms with Crippen molar-refractivity contribution in [3.05, 3.63) is 42.5 Å². The summed E-state index contributed by atoms with van der Waals surface area (Å²) in [5, 5.41) is 10.0. The molecule has 2 aromatic heterocycles. The number of aryl methyl sites for hydroxylation is 2. The minimum Gasteiger partial charge on any atom is -0.480 e. The molecular weight excluding hydrogens is 254 g/mol. The predicted molar refractivity (Wildman–Crippen MR) is 76.5 cm³/mol. The third-order valence-corrected chi connectivity index (χ3v) is 3.45. The molecule has 0 fully saturated rings. The Kier molecular flexibility index (Phi) is 2.82. The molecule has 5 nitrogen and oxygen atoms in total. The van der Waals surface area contributed by atoms with Gasteiger partial charge in [-0.1, -0.05) is 18.2 Å². The lowest BCUT2D eigenvalue weighted by Crippen LogP contribution is -2.08. The highest BCUT2D eigenvalue weighted by atomic mass is 16.4. The molecule has 3 aromatic rings. The minimum absolute atomic E-state index is 0.0659. The zero-order valence-corrected chi connectivity index (χ0v) is 11.4. The van der Waals surface area contributed by atoms with Crippen LogP contribution >= 0.6 is 0 Å². The average molecular weight is 269 g/mol.